The van der Waals surface area contributed by atoms with E-state index in [2.05, 4.69) is 0 Å². The Hall–Kier alpha value is -1.71. The maximum Gasteiger partial charge on any atom is 0.407 e. The molecule has 2 fully saturated rings. The van der Waals surface area contributed by atoms with E-state index in [-0.39, 0.29) is 0 Å². The van der Waals surface area contributed by atoms with Crippen molar-refractivity contribution in [3.8, 4) is 5.75 Å². The number of benzene rings is 1. The number of para-hydroxylation sites is 1. The summed E-state index contributed by atoms with van der Waals surface area (Å²) in [5.41, 5.74) is 0.339. The number of hydrogen-bond acceptors (Lipinski definition) is 2. The van der Waals surface area contributed by atoms with Gasteiger partial charge in [0, 0.05) is 13.1 Å². The van der Waals surface area contributed by atoms with Crippen molar-refractivity contribution in [2.75, 3.05) is 13.1 Å². The quantitative estimate of drug-likeness (QED) is 0.890. The summed E-state index contributed by atoms with van der Waals surface area (Å²) in [6.45, 7) is 1.35. The van der Waals surface area contributed by atoms with Crippen molar-refractivity contribution in [1.82, 2.24) is 4.90 Å². The van der Waals surface area contributed by atoms with E-state index in [0.29, 0.717) is 24.6 Å². The summed E-state index contributed by atoms with van der Waals surface area (Å²) in [4.78, 5) is 12.4. The summed E-state index contributed by atoms with van der Waals surface area (Å²) in [5.74, 6) is 0.935. The van der Waals surface area contributed by atoms with Crippen LogP contribution in [0.25, 0.3) is 0 Å². The number of piperidine rings is 1. The molecule has 0 unspecified atom stereocenters. The number of carboxylic acid groups (broad SMARTS) is 1. The molecule has 3 rings (SSSR count). The van der Waals surface area contributed by atoms with E-state index in [1.165, 1.54) is 4.90 Å². The molecule has 0 aromatic heterocycles. The first-order chi connectivity index (χ1) is 9.17. The van der Waals surface area contributed by atoms with Crippen LogP contribution in [0.4, 0.5) is 4.79 Å². The monoisotopic (exact) mass is 261 g/mol. The zero-order chi connectivity index (χ0) is 13.3. The lowest BCUT2D eigenvalue weighted by atomic mass is 9.61. The molecular formula is C15H19NO3. The standard InChI is InChI=1S/C15H19NO3/c17-14(18)16-8-6-15(7-9-16)10-13(11-15)19-12-4-2-1-3-5-12/h1-5,13H,6-11H2,(H,17,18). The Bertz CT molecular complexity index is 444. The van der Waals surface area contributed by atoms with E-state index < -0.39 is 6.09 Å². The SMILES string of the molecule is O=C(O)N1CCC2(CC1)CC(Oc1ccccc1)C2. The molecule has 1 aliphatic carbocycles. The third-order valence-electron chi connectivity index (χ3n) is 4.46. The topological polar surface area (TPSA) is 49.8 Å². The second kappa shape index (κ2) is 4.76. The predicted octanol–water partition coefficient (Wildman–Crippen LogP) is 2.99. The van der Waals surface area contributed by atoms with Gasteiger partial charge < -0.3 is 14.7 Å². The number of nitrogens with zero attached hydrogens (tertiary/aromatic N) is 1. The number of carbonyl (C=O) groups is 1. The molecule has 102 valence electrons. The maximum atomic E-state index is 10.9. The van der Waals surface area contributed by atoms with E-state index in [0.717, 1.165) is 31.4 Å². The molecule has 1 spiro atoms. The molecule has 19 heavy (non-hydrogen) atoms. The van der Waals surface area contributed by atoms with Crippen molar-refractivity contribution in [3.63, 3.8) is 0 Å². The molecule has 1 N–H and O–H groups in total. The smallest absolute Gasteiger partial charge is 0.407 e. The van der Waals surface area contributed by atoms with Gasteiger partial charge in [-0.25, -0.2) is 4.79 Å². The molecule has 0 atom stereocenters. The van der Waals surface area contributed by atoms with E-state index in [1.807, 2.05) is 30.3 Å². The van der Waals surface area contributed by atoms with Gasteiger partial charge in [-0.15, -0.1) is 0 Å². The molecule has 1 aromatic rings. The highest BCUT2D eigenvalue weighted by Gasteiger charge is 2.47. The minimum Gasteiger partial charge on any atom is -0.490 e. The first kappa shape index (κ1) is 12.3. The normalized spacial score (nSPS) is 22.0. The van der Waals surface area contributed by atoms with Crippen LogP contribution in [0.15, 0.2) is 30.3 Å². The minimum atomic E-state index is -0.786. The zero-order valence-corrected chi connectivity index (χ0v) is 10.9. The fourth-order valence-corrected chi connectivity index (χ4v) is 3.26. The van der Waals surface area contributed by atoms with Crippen LogP contribution in [0.3, 0.4) is 0 Å². The summed E-state index contributed by atoms with van der Waals surface area (Å²) in [6, 6.07) is 9.91. The summed E-state index contributed by atoms with van der Waals surface area (Å²) >= 11 is 0. The van der Waals surface area contributed by atoms with Gasteiger partial charge in [-0.05, 0) is 43.2 Å². The molecule has 1 heterocycles. The first-order valence-corrected chi connectivity index (χ1v) is 6.87. The molecule has 1 saturated heterocycles. The van der Waals surface area contributed by atoms with Crippen LogP contribution in [0, 0.1) is 5.41 Å². The predicted molar refractivity (Wildman–Crippen MR) is 71.4 cm³/mol. The minimum absolute atomic E-state index is 0.304. The van der Waals surface area contributed by atoms with Crippen molar-refractivity contribution in [1.29, 1.82) is 0 Å². The van der Waals surface area contributed by atoms with Gasteiger partial charge in [0.25, 0.3) is 0 Å². The van der Waals surface area contributed by atoms with E-state index in [4.69, 9.17) is 9.84 Å². The lowest BCUT2D eigenvalue weighted by molar-refractivity contribution is -0.0515. The Kier molecular flexibility index (Phi) is 3.09. The van der Waals surface area contributed by atoms with Gasteiger partial charge in [0.15, 0.2) is 0 Å². The molecule has 0 radical (unpaired) electrons. The fourth-order valence-electron chi connectivity index (χ4n) is 3.26. The maximum absolute atomic E-state index is 10.9. The molecule has 0 bridgehead atoms. The summed E-state index contributed by atoms with van der Waals surface area (Å²) in [7, 11) is 0. The average molecular weight is 261 g/mol. The van der Waals surface area contributed by atoms with Gasteiger partial charge in [0.1, 0.15) is 5.75 Å². The second-order valence-corrected chi connectivity index (χ2v) is 5.73. The zero-order valence-electron chi connectivity index (χ0n) is 10.9. The first-order valence-electron chi connectivity index (χ1n) is 6.87. The lowest BCUT2D eigenvalue weighted by Gasteiger charge is -2.51. The molecule has 1 aliphatic heterocycles. The highest BCUT2D eigenvalue weighted by Crippen LogP contribution is 2.50. The van der Waals surface area contributed by atoms with Crippen LogP contribution in [-0.2, 0) is 0 Å². The Labute approximate surface area is 113 Å². The van der Waals surface area contributed by atoms with Crippen LogP contribution in [-0.4, -0.2) is 35.3 Å². The third kappa shape index (κ3) is 2.53. The van der Waals surface area contributed by atoms with Gasteiger partial charge in [0.2, 0.25) is 0 Å². The molecule has 2 aliphatic rings. The summed E-state index contributed by atoms with van der Waals surface area (Å²) in [5, 5.41) is 8.95. The van der Waals surface area contributed by atoms with E-state index in [1.54, 1.807) is 0 Å². The van der Waals surface area contributed by atoms with Crippen molar-refractivity contribution >= 4 is 6.09 Å². The Morgan fingerprint density at radius 3 is 2.42 bits per heavy atom. The van der Waals surface area contributed by atoms with Crippen molar-refractivity contribution in [3.05, 3.63) is 30.3 Å². The van der Waals surface area contributed by atoms with E-state index in [9.17, 15) is 4.79 Å². The molecule has 1 amide bonds. The van der Waals surface area contributed by atoms with Crippen LogP contribution in [0.2, 0.25) is 0 Å². The molecular weight excluding hydrogens is 242 g/mol. The molecule has 4 nitrogen and oxygen atoms in total. The Morgan fingerprint density at radius 2 is 1.84 bits per heavy atom. The summed E-state index contributed by atoms with van der Waals surface area (Å²) < 4.78 is 5.92. The number of likely N-dealkylation sites (tertiary alicyclic amines) is 1. The molecule has 1 saturated carbocycles. The highest BCUT2D eigenvalue weighted by molar-refractivity contribution is 5.65. The molecule has 4 heteroatoms. The third-order valence-corrected chi connectivity index (χ3v) is 4.46. The van der Waals surface area contributed by atoms with Crippen LogP contribution in [0.1, 0.15) is 25.7 Å². The van der Waals surface area contributed by atoms with Crippen molar-refractivity contribution in [2.45, 2.75) is 31.8 Å². The van der Waals surface area contributed by atoms with Crippen LogP contribution >= 0.6 is 0 Å². The Morgan fingerprint density at radius 1 is 1.21 bits per heavy atom. The fraction of sp³-hybridized carbons (Fsp3) is 0.533. The van der Waals surface area contributed by atoms with E-state index >= 15 is 0 Å². The van der Waals surface area contributed by atoms with Gasteiger partial charge in [-0.1, -0.05) is 18.2 Å². The van der Waals surface area contributed by atoms with Gasteiger partial charge in [-0.2, -0.15) is 0 Å². The highest BCUT2D eigenvalue weighted by atomic mass is 16.5. The summed E-state index contributed by atoms with van der Waals surface area (Å²) in [6.07, 6.45) is 3.61. The number of ether oxygens (including phenoxy) is 1. The number of amides is 1. The second-order valence-electron chi connectivity index (χ2n) is 5.73. The van der Waals surface area contributed by atoms with Crippen molar-refractivity contribution in [2.24, 2.45) is 5.41 Å². The average Bonchev–Trinajstić information content (AvgIpc) is 2.39. The van der Waals surface area contributed by atoms with Crippen LogP contribution in [0.5, 0.6) is 5.75 Å². The van der Waals surface area contributed by atoms with Crippen molar-refractivity contribution < 1.29 is 14.6 Å². The number of hydrogen-bond donors (Lipinski definition) is 1. The largest absolute Gasteiger partial charge is 0.490 e. The Balaban J connectivity index is 1.49. The number of rotatable bonds is 2. The van der Waals surface area contributed by atoms with Gasteiger partial charge in [-0.3, -0.25) is 0 Å². The van der Waals surface area contributed by atoms with Crippen LogP contribution < -0.4 is 4.74 Å². The lowest BCUT2D eigenvalue weighted by Crippen LogP contribution is -2.51. The van der Waals surface area contributed by atoms with Gasteiger partial charge >= 0.3 is 6.09 Å². The van der Waals surface area contributed by atoms with Gasteiger partial charge in [0.05, 0.1) is 6.10 Å². The molecule has 1 aromatic carbocycles.